The molecule has 1 aliphatic heterocycles. The first kappa shape index (κ1) is 11.5. The van der Waals surface area contributed by atoms with E-state index >= 15 is 0 Å². The maximum Gasteiger partial charge on any atom is 0.0379 e. The highest BCUT2D eigenvalue weighted by molar-refractivity contribution is 5.59. The number of anilines is 1. The van der Waals surface area contributed by atoms with Crippen LogP contribution in [0.25, 0.3) is 0 Å². The van der Waals surface area contributed by atoms with E-state index in [1.807, 2.05) is 0 Å². The molecule has 0 spiro atoms. The number of benzene rings is 1. The molecule has 2 unspecified atom stereocenters. The van der Waals surface area contributed by atoms with Crippen LogP contribution in [-0.2, 0) is 0 Å². The van der Waals surface area contributed by atoms with Crippen molar-refractivity contribution in [1.82, 2.24) is 0 Å². The summed E-state index contributed by atoms with van der Waals surface area (Å²) in [6, 6.07) is 9.11. The summed E-state index contributed by atoms with van der Waals surface area (Å²) in [5, 5.41) is 3.65. The van der Waals surface area contributed by atoms with Crippen LogP contribution in [0.5, 0.6) is 0 Å². The molecule has 0 radical (unpaired) electrons. The van der Waals surface area contributed by atoms with Gasteiger partial charge in [-0.3, -0.25) is 0 Å². The average Bonchev–Trinajstić information content (AvgIpc) is 2.58. The van der Waals surface area contributed by atoms with Gasteiger partial charge in [0.15, 0.2) is 0 Å². The lowest BCUT2D eigenvalue weighted by molar-refractivity contribution is 0.305. The molecule has 16 heavy (non-hydrogen) atoms. The van der Waals surface area contributed by atoms with Crippen LogP contribution >= 0.6 is 0 Å². The van der Waals surface area contributed by atoms with Gasteiger partial charge in [-0.2, -0.15) is 0 Å². The lowest BCUT2D eigenvalue weighted by Gasteiger charge is -2.32. The SMILES string of the molecule is CC(C)(C)C1Nc2ccccc2C1CCN. The number of hydrogen-bond acceptors (Lipinski definition) is 2. The third-order valence-corrected chi connectivity index (χ3v) is 3.48. The molecule has 0 saturated carbocycles. The lowest BCUT2D eigenvalue weighted by atomic mass is 9.77. The summed E-state index contributed by atoms with van der Waals surface area (Å²) in [6.45, 7) is 7.63. The molecule has 0 amide bonds. The fourth-order valence-corrected chi connectivity index (χ4v) is 2.72. The largest absolute Gasteiger partial charge is 0.381 e. The minimum absolute atomic E-state index is 0.263. The van der Waals surface area contributed by atoms with E-state index in [2.05, 4.69) is 50.4 Å². The van der Waals surface area contributed by atoms with Crippen molar-refractivity contribution in [2.45, 2.75) is 39.2 Å². The first-order valence-electron chi connectivity index (χ1n) is 6.09. The summed E-state index contributed by atoms with van der Waals surface area (Å²) in [5.74, 6) is 0.557. The fourth-order valence-electron chi connectivity index (χ4n) is 2.72. The van der Waals surface area contributed by atoms with E-state index in [1.54, 1.807) is 0 Å². The zero-order valence-electron chi connectivity index (χ0n) is 10.5. The van der Waals surface area contributed by atoms with Gasteiger partial charge in [0.2, 0.25) is 0 Å². The van der Waals surface area contributed by atoms with Crippen LogP contribution in [0.4, 0.5) is 5.69 Å². The highest BCUT2D eigenvalue weighted by Crippen LogP contribution is 2.44. The summed E-state index contributed by atoms with van der Waals surface area (Å²) in [4.78, 5) is 0. The number of rotatable bonds is 2. The van der Waals surface area contributed by atoms with E-state index in [9.17, 15) is 0 Å². The Morgan fingerprint density at radius 3 is 2.56 bits per heavy atom. The van der Waals surface area contributed by atoms with Gasteiger partial charge in [0.1, 0.15) is 0 Å². The topological polar surface area (TPSA) is 38.0 Å². The van der Waals surface area contributed by atoms with Crippen molar-refractivity contribution in [3.05, 3.63) is 29.8 Å². The zero-order valence-corrected chi connectivity index (χ0v) is 10.5. The standard InChI is InChI=1S/C14H22N2/c1-14(2,3)13-11(8-9-15)10-6-4-5-7-12(10)16-13/h4-7,11,13,16H,8-9,15H2,1-3H3. The van der Waals surface area contributed by atoms with Gasteiger partial charge in [-0.15, -0.1) is 0 Å². The van der Waals surface area contributed by atoms with E-state index in [0.717, 1.165) is 13.0 Å². The Balaban J connectivity index is 2.33. The van der Waals surface area contributed by atoms with Crippen LogP contribution in [0, 0.1) is 5.41 Å². The monoisotopic (exact) mass is 218 g/mol. The molecule has 88 valence electrons. The van der Waals surface area contributed by atoms with Crippen molar-refractivity contribution in [1.29, 1.82) is 0 Å². The highest BCUT2D eigenvalue weighted by atomic mass is 15.0. The van der Waals surface area contributed by atoms with E-state index in [0.29, 0.717) is 12.0 Å². The maximum atomic E-state index is 5.74. The van der Waals surface area contributed by atoms with Crippen LogP contribution in [-0.4, -0.2) is 12.6 Å². The molecule has 2 atom stereocenters. The fraction of sp³-hybridized carbons (Fsp3) is 0.571. The Morgan fingerprint density at radius 2 is 1.94 bits per heavy atom. The van der Waals surface area contributed by atoms with Crippen molar-refractivity contribution < 1.29 is 0 Å². The molecule has 1 aromatic rings. The van der Waals surface area contributed by atoms with E-state index in [4.69, 9.17) is 5.73 Å². The number of nitrogens with two attached hydrogens (primary N) is 1. The smallest absolute Gasteiger partial charge is 0.0379 e. The van der Waals surface area contributed by atoms with Gasteiger partial charge in [-0.1, -0.05) is 39.0 Å². The predicted molar refractivity (Wildman–Crippen MR) is 69.7 cm³/mol. The van der Waals surface area contributed by atoms with E-state index in [-0.39, 0.29) is 5.41 Å². The van der Waals surface area contributed by atoms with Crippen molar-refractivity contribution >= 4 is 5.69 Å². The van der Waals surface area contributed by atoms with E-state index in [1.165, 1.54) is 11.3 Å². The van der Waals surface area contributed by atoms with Gasteiger partial charge < -0.3 is 11.1 Å². The van der Waals surface area contributed by atoms with Crippen LogP contribution in [0.15, 0.2) is 24.3 Å². The van der Waals surface area contributed by atoms with Crippen LogP contribution in [0.1, 0.15) is 38.7 Å². The number of para-hydroxylation sites is 1. The molecule has 2 rings (SSSR count). The van der Waals surface area contributed by atoms with Gasteiger partial charge in [0.25, 0.3) is 0 Å². The molecule has 1 aliphatic rings. The summed E-state index contributed by atoms with van der Waals surface area (Å²) in [7, 11) is 0. The Hall–Kier alpha value is -1.02. The van der Waals surface area contributed by atoms with Crippen LogP contribution < -0.4 is 11.1 Å². The Kier molecular flexibility index (Phi) is 2.94. The quantitative estimate of drug-likeness (QED) is 0.801. The van der Waals surface area contributed by atoms with Gasteiger partial charge in [0.05, 0.1) is 0 Å². The van der Waals surface area contributed by atoms with Crippen molar-refractivity contribution in [2.75, 3.05) is 11.9 Å². The van der Waals surface area contributed by atoms with E-state index < -0.39 is 0 Å². The minimum Gasteiger partial charge on any atom is -0.381 e. The molecule has 0 bridgehead atoms. The number of nitrogens with one attached hydrogen (secondary N) is 1. The Bertz CT molecular complexity index is 365. The first-order chi connectivity index (χ1) is 7.54. The van der Waals surface area contributed by atoms with Gasteiger partial charge in [-0.25, -0.2) is 0 Å². The van der Waals surface area contributed by atoms with Gasteiger partial charge in [-0.05, 0) is 30.0 Å². The first-order valence-corrected chi connectivity index (χ1v) is 6.09. The molecule has 0 aromatic heterocycles. The molecule has 0 aliphatic carbocycles. The number of hydrogen-bond donors (Lipinski definition) is 2. The molecule has 1 heterocycles. The second-order valence-electron chi connectivity index (χ2n) is 5.76. The van der Waals surface area contributed by atoms with Gasteiger partial charge in [0, 0.05) is 17.6 Å². The molecule has 2 heteroatoms. The normalized spacial score (nSPS) is 24.0. The second kappa shape index (κ2) is 4.10. The van der Waals surface area contributed by atoms with Gasteiger partial charge >= 0.3 is 0 Å². The average molecular weight is 218 g/mol. The zero-order chi connectivity index (χ0) is 11.8. The second-order valence-corrected chi connectivity index (χ2v) is 5.76. The summed E-state index contributed by atoms with van der Waals surface area (Å²) >= 11 is 0. The van der Waals surface area contributed by atoms with Crippen molar-refractivity contribution in [3.63, 3.8) is 0 Å². The Morgan fingerprint density at radius 1 is 1.25 bits per heavy atom. The highest BCUT2D eigenvalue weighted by Gasteiger charge is 2.38. The van der Waals surface area contributed by atoms with Crippen molar-refractivity contribution in [3.8, 4) is 0 Å². The summed E-state index contributed by atoms with van der Waals surface area (Å²) in [5.41, 5.74) is 8.74. The number of fused-ring (bicyclic) bond motifs is 1. The maximum absolute atomic E-state index is 5.74. The Labute approximate surface area is 98.2 Å². The molecular formula is C14H22N2. The third-order valence-electron chi connectivity index (χ3n) is 3.48. The molecule has 3 N–H and O–H groups in total. The molecule has 2 nitrogen and oxygen atoms in total. The molecular weight excluding hydrogens is 196 g/mol. The molecule has 1 aromatic carbocycles. The van der Waals surface area contributed by atoms with Crippen LogP contribution in [0.3, 0.4) is 0 Å². The van der Waals surface area contributed by atoms with Crippen molar-refractivity contribution in [2.24, 2.45) is 11.1 Å². The lowest BCUT2D eigenvalue weighted by Crippen LogP contribution is -2.35. The predicted octanol–water partition coefficient (Wildman–Crippen LogP) is 2.96. The molecule has 0 fully saturated rings. The molecule has 0 saturated heterocycles. The summed E-state index contributed by atoms with van der Waals surface area (Å²) in [6.07, 6.45) is 1.06. The van der Waals surface area contributed by atoms with Crippen LogP contribution in [0.2, 0.25) is 0 Å². The summed E-state index contributed by atoms with van der Waals surface area (Å²) < 4.78 is 0. The minimum atomic E-state index is 0.263. The third kappa shape index (κ3) is 1.94.